The highest BCUT2D eigenvalue weighted by Crippen LogP contribution is 2.16. The lowest BCUT2D eigenvalue weighted by atomic mass is 10.1. The molecule has 0 aliphatic heterocycles. The number of hydrogen-bond acceptors (Lipinski definition) is 1. The highest BCUT2D eigenvalue weighted by Gasteiger charge is 2.04. The van der Waals surface area contributed by atoms with E-state index >= 15 is 0 Å². The number of hydrogen-bond donors (Lipinski definition) is 0. The van der Waals surface area contributed by atoms with Gasteiger partial charge in [-0.15, -0.1) is 0 Å². The highest BCUT2D eigenvalue weighted by atomic mass is 16.5. The highest BCUT2D eigenvalue weighted by molar-refractivity contribution is 5.76. The van der Waals surface area contributed by atoms with Gasteiger partial charge in [0.05, 0.1) is 0 Å². The van der Waals surface area contributed by atoms with Gasteiger partial charge in [0.1, 0.15) is 0 Å². The number of aryl methyl sites for hydroxylation is 2. The van der Waals surface area contributed by atoms with Gasteiger partial charge in [-0.2, -0.15) is 4.74 Å². The van der Waals surface area contributed by atoms with Crippen LogP contribution in [-0.2, 0) is 0 Å². The maximum atomic E-state index is 12.0. The number of benzene rings is 2. The molecule has 0 fully saturated rings. The fraction of sp³-hybridized carbons (Fsp3) is 0.133. The van der Waals surface area contributed by atoms with Crippen LogP contribution >= 0.6 is 0 Å². The van der Waals surface area contributed by atoms with Crippen molar-refractivity contribution in [3.05, 3.63) is 70.4 Å². The summed E-state index contributed by atoms with van der Waals surface area (Å²) in [4.78, 5) is 0. The topological polar surface area (TPSA) is 26.1 Å². The zero-order valence-electron chi connectivity index (χ0n) is 10.1. The Morgan fingerprint density at radius 1 is 0.941 bits per heavy atom. The average Bonchev–Trinajstić information content (AvgIpc) is 2.32. The second-order valence-corrected chi connectivity index (χ2v) is 4.15. The first-order chi connectivity index (χ1) is 8.16. The Labute approximate surface area is 101 Å². The van der Waals surface area contributed by atoms with Gasteiger partial charge >= 0.3 is 0 Å². The van der Waals surface area contributed by atoms with Gasteiger partial charge in [-0.25, -0.2) is 0 Å². The van der Waals surface area contributed by atoms with Gasteiger partial charge in [-0.1, -0.05) is 35.9 Å². The van der Waals surface area contributed by atoms with Gasteiger partial charge in [0, 0.05) is 17.2 Å². The first kappa shape index (κ1) is 11.4. The van der Waals surface area contributed by atoms with Gasteiger partial charge in [0.15, 0.2) is 6.21 Å². The molecule has 0 aliphatic carbocycles. The molecule has 0 unspecified atom stereocenters. The van der Waals surface area contributed by atoms with Crippen LogP contribution in [0.15, 0.2) is 48.5 Å². The van der Waals surface area contributed by atoms with Crippen molar-refractivity contribution in [1.29, 1.82) is 0 Å². The Morgan fingerprint density at radius 2 is 1.59 bits per heavy atom. The monoisotopic (exact) mass is 225 g/mol. The Hall–Kier alpha value is -2.09. The third-order valence-electron chi connectivity index (χ3n) is 2.70. The van der Waals surface area contributed by atoms with Crippen molar-refractivity contribution in [2.75, 3.05) is 0 Å². The van der Waals surface area contributed by atoms with Gasteiger partial charge in [0.2, 0.25) is 5.69 Å². The molecule has 2 aromatic carbocycles. The van der Waals surface area contributed by atoms with Crippen LogP contribution in [0.3, 0.4) is 0 Å². The standard InChI is InChI=1S/C15H15NO/c1-12-7-9-14(10-8-12)11-16(17)15-6-4-3-5-13(15)2/h3-11H,1-2H3. The molecule has 0 amide bonds. The molecule has 2 aromatic rings. The Balaban J connectivity index is 2.34. The van der Waals surface area contributed by atoms with Crippen molar-refractivity contribution in [3.8, 4) is 0 Å². The largest absolute Gasteiger partial charge is 0.618 e. The molecule has 0 saturated carbocycles. The van der Waals surface area contributed by atoms with E-state index in [2.05, 4.69) is 0 Å². The smallest absolute Gasteiger partial charge is 0.219 e. The van der Waals surface area contributed by atoms with E-state index in [1.54, 1.807) is 6.21 Å². The number of nitrogens with zero attached hydrogens (tertiary/aromatic N) is 1. The molecule has 0 aromatic heterocycles. The summed E-state index contributed by atoms with van der Waals surface area (Å²) in [6.07, 6.45) is 1.60. The van der Waals surface area contributed by atoms with Crippen molar-refractivity contribution in [3.63, 3.8) is 0 Å². The van der Waals surface area contributed by atoms with E-state index in [-0.39, 0.29) is 0 Å². The molecule has 17 heavy (non-hydrogen) atoms. The molecule has 0 atom stereocenters. The van der Waals surface area contributed by atoms with E-state index in [0.29, 0.717) is 5.69 Å². The first-order valence-corrected chi connectivity index (χ1v) is 5.60. The molecule has 0 N–H and O–H groups in total. The minimum Gasteiger partial charge on any atom is -0.618 e. The first-order valence-electron chi connectivity index (χ1n) is 5.60. The predicted molar refractivity (Wildman–Crippen MR) is 70.8 cm³/mol. The van der Waals surface area contributed by atoms with E-state index < -0.39 is 0 Å². The molecular formula is C15H15NO. The summed E-state index contributed by atoms with van der Waals surface area (Å²) >= 11 is 0. The maximum absolute atomic E-state index is 12.0. The Kier molecular flexibility index (Phi) is 3.24. The zero-order chi connectivity index (χ0) is 12.3. The normalized spacial score (nSPS) is 11.5. The molecular weight excluding hydrogens is 210 g/mol. The molecule has 0 radical (unpaired) electrons. The summed E-state index contributed by atoms with van der Waals surface area (Å²) in [7, 11) is 0. The average molecular weight is 225 g/mol. The van der Waals surface area contributed by atoms with Crippen LogP contribution in [-0.4, -0.2) is 11.0 Å². The summed E-state index contributed by atoms with van der Waals surface area (Å²) in [5.74, 6) is 0. The van der Waals surface area contributed by atoms with E-state index in [1.807, 2.05) is 62.4 Å². The van der Waals surface area contributed by atoms with Crippen molar-refractivity contribution < 1.29 is 4.74 Å². The van der Waals surface area contributed by atoms with E-state index in [0.717, 1.165) is 15.9 Å². The summed E-state index contributed by atoms with van der Waals surface area (Å²) in [5, 5.41) is 12.0. The van der Waals surface area contributed by atoms with E-state index in [4.69, 9.17) is 0 Å². The van der Waals surface area contributed by atoms with Crippen molar-refractivity contribution in [2.24, 2.45) is 0 Å². The Morgan fingerprint density at radius 3 is 2.24 bits per heavy atom. The van der Waals surface area contributed by atoms with E-state index in [9.17, 15) is 5.21 Å². The van der Waals surface area contributed by atoms with Gasteiger partial charge in [0.25, 0.3) is 0 Å². The lowest BCUT2D eigenvalue weighted by Crippen LogP contribution is -2.00. The lowest BCUT2D eigenvalue weighted by molar-refractivity contribution is -0.355. The molecule has 2 rings (SSSR count). The van der Waals surface area contributed by atoms with Crippen LogP contribution in [0, 0.1) is 19.1 Å². The quantitative estimate of drug-likeness (QED) is 0.332. The second kappa shape index (κ2) is 4.83. The second-order valence-electron chi connectivity index (χ2n) is 4.15. The maximum Gasteiger partial charge on any atom is 0.219 e. The van der Waals surface area contributed by atoms with Crippen molar-refractivity contribution >= 4 is 11.9 Å². The molecule has 0 heterocycles. The minimum absolute atomic E-state index is 0.688. The number of rotatable bonds is 2. The van der Waals surface area contributed by atoms with Gasteiger partial charge < -0.3 is 5.21 Å². The fourth-order valence-electron chi connectivity index (χ4n) is 1.67. The van der Waals surface area contributed by atoms with Crippen LogP contribution in [0.2, 0.25) is 0 Å². The van der Waals surface area contributed by atoms with Gasteiger partial charge in [-0.05, 0) is 26.0 Å². The van der Waals surface area contributed by atoms with E-state index in [1.165, 1.54) is 5.56 Å². The molecule has 0 aliphatic rings. The fourth-order valence-corrected chi connectivity index (χ4v) is 1.67. The molecule has 0 bridgehead atoms. The van der Waals surface area contributed by atoms with Crippen LogP contribution in [0.25, 0.3) is 0 Å². The summed E-state index contributed by atoms with van der Waals surface area (Å²) in [6.45, 7) is 3.96. The van der Waals surface area contributed by atoms with Crippen LogP contribution in [0.4, 0.5) is 5.69 Å². The third kappa shape index (κ3) is 2.72. The van der Waals surface area contributed by atoms with Crippen LogP contribution in [0.1, 0.15) is 16.7 Å². The van der Waals surface area contributed by atoms with Crippen molar-refractivity contribution in [2.45, 2.75) is 13.8 Å². The van der Waals surface area contributed by atoms with Crippen molar-refractivity contribution in [1.82, 2.24) is 0 Å². The SMILES string of the molecule is Cc1ccc(C=[N+]([O-])c2ccccc2C)cc1. The molecule has 0 spiro atoms. The molecule has 86 valence electrons. The zero-order valence-corrected chi connectivity index (χ0v) is 10.1. The summed E-state index contributed by atoms with van der Waals surface area (Å²) in [6, 6.07) is 15.4. The van der Waals surface area contributed by atoms with Crippen LogP contribution < -0.4 is 0 Å². The number of para-hydroxylation sites is 1. The molecule has 2 nitrogen and oxygen atoms in total. The minimum atomic E-state index is 0.688. The van der Waals surface area contributed by atoms with Crippen LogP contribution in [0.5, 0.6) is 0 Å². The summed E-state index contributed by atoms with van der Waals surface area (Å²) < 4.78 is 0.917. The lowest BCUT2D eigenvalue weighted by Gasteiger charge is -2.05. The molecule has 0 saturated heterocycles. The third-order valence-corrected chi connectivity index (χ3v) is 2.70. The van der Waals surface area contributed by atoms with Gasteiger partial charge in [-0.3, -0.25) is 0 Å². The summed E-state index contributed by atoms with van der Waals surface area (Å²) in [5.41, 5.74) is 3.77. The Bertz CT molecular complexity index is 541. The molecule has 2 heteroatoms. The predicted octanol–water partition coefficient (Wildman–Crippen LogP) is 3.56.